The first kappa shape index (κ1) is 12.3. The van der Waals surface area contributed by atoms with E-state index in [1.165, 1.54) is 25.7 Å². The lowest BCUT2D eigenvalue weighted by molar-refractivity contribution is -0.125. The van der Waals surface area contributed by atoms with Crippen molar-refractivity contribution >= 4 is 5.78 Å². The number of fused-ring (bicyclic) bond motifs is 2. The maximum Gasteiger partial charge on any atom is 0.167 e. The molecule has 3 rings (SSSR count). The molecule has 2 nitrogen and oxygen atoms in total. The molecule has 3 fully saturated rings. The molecule has 0 unspecified atom stereocenters. The van der Waals surface area contributed by atoms with Gasteiger partial charge < -0.3 is 4.90 Å². The van der Waals surface area contributed by atoms with Gasteiger partial charge in [0.1, 0.15) is 0 Å². The molecule has 0 aromatic heterocycles. The lowest BCUT2D eigenvalue weighted by Crippen LogP contribution is -2.32. The summed E-state index contributed by atoms with van der Waals surface area (Å²) in [5.74, 6) is 0.936. The summed E-state index contributed by atoms with van der Waals surface area (Å²) < 4.78 is 0. The lowest BCUT2D eigenvalue weighted by Gasteiger charge is -2.31. The van der Waals surface area contributed by atoms with Gasteiger partial charge >= 0.3 is 0 Å². The highest BCUT2D eigenvalue weighted by Crippen LogP contribution is 2.65. The van der Waals surface area contributed by atoms with Gasteiger partial charge in [0.25, 0.3) is 0 Å². The summed E-state index contributed by atoms with van der Waals surface area (Å²) in [6.45, 7) is 9.05. The van der Waals surface area contributed by atoms with Gasteiger partial charge in [-0.3, -0.25) is 4.79 Å². The molecule has 3 aliphatic rings. The van der Waals surface area contributed by atoms with Gasteiger partial charge in [0.2, 0.25) is 0 Å². The average Bonchev–Trinajstić information content (AvgIpc) is 2.65. The molecule has 2 aliphatic carbocycles. The number of ketones is 1. The summed E-state index contributed by atoms with van der Waals surface area (Å²) in [6, 6.07) is 0. The van der Waals surface area contributed by atoms with E-state index >= 15 is 0 Å². The highest BCUT2D eigenvalue weighted by Gasteiger charge is 2.64. The van der Waals surface area contributed by atoms with Gasteiger partial charge in [-0.2, -0.15) is 0 Å². The van der Waals surface area contributed by atoms with Gasteiger partial charge in [-0.25, -0.2) is 0 Å². The van der Waals surface area contributed by atoms with E-state index in [9.17, 15) is 4.79 Å². The molecule has 1 heterocycles. The minimum Gasteiger partial charge on any atom is -0.377 e. The Balaban J connectivity index is 1.90. The molecule has 0 spiro atoms. The summed E-state index contributed by atoms with van der Waals surface area (Å²) >= 11 is 0. The fourth-order valence-electron chi connectivity index (χ4n) is 4.32. The standard InChI is InChI=1S/C16H25NO/c1-15(2)13-7-8-16(15,3)14(18)12(13)11-17-9-5-4-6-10-17/h11,13H,4-10H2,1-3H3/b12-11+/t13-,16+/m1/s1. The Hall–Kier alpha value is -0.790. The predicted octanol–water partition coefficient (Wildman–Crippen LogP) is 3.38. The molecular formula is C16H25NO. The molecule has 0 aromatic rings. The Morgan fingerprint density at radius 2 is 1.83 bits per heavy atom. The van der Waals surface area contributed by atoms with Crippen LogP contribution in [0.15, 0.2) is 11.8 Å². The van der Waals surface area contributed by atoms with Crippen molar-refractivity contribution < 1.29 is 4.79 Å². The number of allylic oxidation sites excluding steroid dienone is 1. The number of hydrogen-bond donors (Lipinski definition) is 0. The normalized spacial score (nSPS) is 40.8. The number of rotatable bonds is 1. The first-order valence-electron chi connectivity index (χ1n) is 7.47. The Morgan fingerprint density at radius 1 is 1.17 bits per heavy atom. The fourth-order valence-corrected chi connectivity index (χ4v) is 4.32. The molecule has 0 amide bonds. The van der Waals surface area contributed by atoms with Gasteiger partial charge in [-0.1, -0.05) is 20.8 Å². The number of piperidine rings is 1. The van der Waals surface area contributed by atoms with Crippen molar-refractivity contribution in [1.82, 2.24) is 4.90 Å². The Kier molecular flexibility index (Phi) is 2.62. The average molecular weight is 247 g/mol. The second-order valence-corrected chi connectivity index (χ2v) is 7.16. The number of Topliss-reactive ketones (excluding diaryl/α,β-unsaturated/α-hetero) is 1. The minimum absolute atomic E-state index is 0.0979. The van der Waals surface area contributed by atoms with Crippen LogP contribution in [0.25, 0.3) is 0 Å². The molecule has 1 aliphatic heterocycles. The minimum atomic E-state index is -0.0979. The summed E-state index contributed by atoms with van der Waals surface area (Å²) in [4.78, 5) is 15.1. The van der Waals surface area contributed by atoms with Crippen LogP contribution in [0.2, 0.25) is 0 Å². The Bertz CT molecular complexity index is 403. The van der Waals surface area contributed by atoms with Crippen molar-refractivity contribution in [2.24, 2.45) is 16.7 Å². The molecular weight excluding hydrogens is 222 g/mol. The number of likely N-dealkylation sites (tertiary alicyclic amines) is 1. The molecule has 1 saturated heterocycles. The summed E-state index contributed by atoms with van der Waals surface area (Å²) in [5, 5.41) is 0. The van der Waals surface area contributed by atoms with Gasteiger partial charge in [-0.15, -0.1) is 0 Å². The second kappa shape index (κ2) is 3.85. The second-order valence-electron chi connectivity index (χ2n) is 7.16. The van der Waals surface area contributed by atoms with Crippen LogP contribution < -0.4 is 0 Å². The van der Waals surface area contributed by atoms with Crippen LogP contribution in [0, 0.1) is 16.7 Å². The fraction of sp³-hybridized carbons (Fsp3) is 0.812. The third-order valence-electron chi connectivity index (χ3n) is 6.08. The first-order valence-corrected chi connectivity index (χ1v) is 7.47. The maximum atomic E-state index is 12.7. The van der Waals surface area contributed by atoms with Crippen LogP contribution >= 0.6 is 0 Å². The summed E-state index contributed by atoms with van der Waals surface area (Å²) in [6.07, 6.45) is 8.42. The van der Waals surface area contributed by atoms with Crippen molar-refractivity contribution in [3.8, 4) is 0 Å². The SMILES string of the molecule is CC1(C)[C@@H]2CC[C@@]1(C)C(=O)/C2=C/N1CCCCC1. The van der Waals surface area contributed by atoms with Crippen molar-refractivity contribution in [2.75, 3.05) is 13.1 Å². The van der Waals surface area contributed by atoms with Crippen molar-refractivity contribution in [1.29, 1.82) is 0 Å². The van der Waals surface area contributed by atoms with Crippen molar-refractivity contribution in [3.63, 3.8) is 0 Å². The molecule has 0 aromatic carbocycles. The van der Waals surface area contributed by atoms with E-state index in [2.05, 4.69) is 31.9 Å². The quantitative estimate of drug-likeness (QED) is 0.662. The Morgan fingerprint density at radius 3 is 2.39 bits per heavy atom. The smallest absolute Gasteiger partial charge is 0.167 e. The molecule has 2 saturated carbocycles. The number of nitrogens with zero attached hydrogens (tertiary/aromatic N) is 1. The number of carbonyl (C=O) groups excluding carboxylic acids is 1. The largest absolute Gasteiger partial charge is 0.377 e. The van der Waals surface area contributed by atoms with Gasteiger partial charge in [0.15, 0.2) is 5.78 Å². The van der Waals surface area contributed by atoms with E-state index in [4.69, 9.17) is 0 Å². The van der Waals surface area contributed by atoms with E-state index in [0.717, 1.165) is 25.1 Å². The molecule has 0 radical (unpaired) electrons. The van der Waals surface area contributed by atoms with E-state index in [1.54, 1.807) is 0 Å². The highest BCUT2D eigenvalue weighted by atomic mass is 16.1. The van der Waals surface area contributed by atoms with Crippen LogP contribution in [0.3, 0.4) is 0 Å². The van der Waals surface area contributed by atoms with Crippen LogP contribution in [-0.2, 0) is 4.79 Å². The molecule has 0 N–H and O–H groups in total. The predicted molar refractivity (Wildman–Crippen MR) is 73.1 cm³/mol. The van der Waals surface area contributed by atoms with Crippen LogP contribution in [0.4, 0.5) is 0 Å². The van der Waals surface area contributed by atoms with E-state index in [0.29, 0.717) is 11.7 Å². The first-order chi connectivity index (χ1) is 8.47. The topological polar surface area (TPSA) is 20.3 Å². The van der Waals surface area contributed by atoms with Crippen LogP contribution in [0.5, 0.6) is 0 Å². The molecule has 100 valence electrons. The third kappa shape index (κ3) is 1.44. The van der Waals surface area contributed by atoms with Gasteiger partial charge in [-0.05, 0) is 43.4 Å². The van der Waals surface area contributed by atoms with E-state index in [1.807, 2.05) is 0 Å². The number of hydrogen-bond acceptors (Lipinski definition) is 2. The van der Waals surface area contributed by atoms with Crippen molar-refractivity contribution in [2.45, 2.75) is 52.9 Å². The van der Waals surface area contributed by atoms with E-state index < -0.39 is 0 Å². The molecule has 18 heavy (non-hydrogen) atoms. The monoisotopic (exact) mass is 247 g/mol. The summed E-state index contributed by atoms with van der Waals surface area (Å²) in [7, 11) is 0. The molecule has 2 heteroatoms. The number of carbonyl (C=O) groups is 1. The van der Waals surface area contributed by atoms with Gasteiger partial charge in [0.05, 0.1) is 0 Å². The zero-order valence-corrected chi connectivity index (χ0v) is 12.0. The maximum absolute atomic E-state index is 12.7. The van der Waals surface area contributed by atoms with E-state index in [-0.39, 0.29) is 10.8 Å². The zero-order valence-electron chi connectivity index (χ0n) is 12.0. The summed E-state index contributed by atoms with van der Waals surface area (Å²) in [5.41, 5.74) is 1.20. The zero-order chi connectivity index (χ0) is 13.0. The van der Waals surface area contributed by atoms with Crippen molar-refractivity contribution in [3.05, 3.63) is 11.8 Å². The highest BCUT2D eigenvalue weighted by molar-refractivity contribution is 6.04. The van der Waals surface area contributed by atoms with Crippen LogP contribution in [-0.4, -0.2) is 23.8 Å². The Labute approximate surface area is 110 Å². The third-order valence-corrected chi connectivity index (χ3v) is 6.08. The molecule has 2 atom stereocenters. The van der Waals surface area contributed by atoms with Crippen LogP contribution in [0.1, 0.15) is 52.9 Å². The lowest BCUT2D eigenvalue weighted by atomic mass is 9.70. The van der Waals surface area contributed by atoms with Gasteiger partial charge in [0, 0.05) is 30.3 Å². The molecule has 2 bridgehead atoms.